The van der Waals surface area contributed by atoms with Crippen LogP contribution >= 0.6 is 0 Å². The van der Waals surface area contributed by atoms with E-state index < -0.39 is 0 Å². The van der Waals surface area contributed by atoms with Crippen LogP contribution in [0.2, 0.25) is 0 Å². The Morgan fingerprint density at radius 2 is 1.65 bits per heavy atom. The smallest absolute Gasteiger partial charge is 0.0457 e. The fraction of sp³-hybridized carbons (Fsp3) is 0.0833. The van der Waals surface area contributed by atoms with E-state index >= 15 is 0 Å². The van der Waals surface area contributed by atoms with Gasteiger partial charge in [-0.2, -0.15) is 0 Å². The Morgan fingerprint density at radius 3 is 2.46 bits per heavy atom. The molecule has 1 atom stereocenters. The maximum absolute atomic E-state index is 5.45. The zero-order valence-electron chi connectivity index (χ0n) is 14.7. The number of para-hydroxylation sites is 1. The number of fused-ring (bicyclic) bond motifs is 1. The van der Waals surface area contributed by atoms with Gasteiger partial charge in [0.25, 0.3) is 0 Å². The highest BCUT2D eigenvalue weighted by Crippen LogP contribution is 2.38. The summed E-state index contributed by atoms with van der Waals surface area (Å²) in [6.07, 6.45) is 13.5. The van der Waals surface area contributed by atoms with Gasteiger partial charge in [-0.15, -0.1) is 6.42 Å². The predicted octanol–water partition coefficient (Wildman–Crippen LogP) is 5.63. The minimum absolute atomic E-state index is 0.120. The summed E-state index contributed by atoms with van der Waals surface area (Å²) >= 11 is 0. The van der Waals surface area contributed by atoms with Crippen molar-refractivity contribution in [3.63, 3.8) is 0 Å². The van der Waals surface area contributed by atoms with E-state index in [2.05, 4.69) is 89.8 Å². The molecule has 2 heterocycles. The van der Waals surface area contributed by atoms with E-state index in [1.807, 2.05) is 6.08 Å². The lowest BCUT2D eigenvalue weighted by Crippen LogP contribution is -2.03. The van der Waals surface area contributed by atoms with Crippen molar-refractivity contribution in [3.8, 4) is 12.3 Å². The van der Waals surface area contributed by atoms with Crippen LogP contribution in [0.4, 0.5) is 0 Å². The average molecular weight is 336 g/mol. The third-order valence-corrected chi connectivity index (χ3v) is 4.88. The molecule has 2 nitrogen and oxygen atoms in total. The molecule has 0 amide bonds. The molecule has 0 radical (unpaired) electrons. The molecule has 0 saturated carbocycles. The number of terminal acetylenes is 1. The van der Waals surface area contributed by atoms with Crippen molar-refractivity contribution in [2.45, 2.75) is 12.8 Å². The van der Waals surface area contributed by atoms with Crippen LogP contribution in [-0.4, -0.2) is 9.97 Å². The van der Waals surface area contributed by atoms with Crippen LogP contribution < -0.4 is 0 Å². The molecule has 26 heavy (non-hydrogen) atoms. The Kier molecular flexibility index (Phi) is 4.21. The summed E-state index contributed by atoms with van der Waals surface area (Å²) in [7, 11) is 0. The van der Waals surface area contributed by atoms with Crippen molar-refractivity contribution < 1.29 is 0 Å². The van der Waals surface area contributed by atoms with Crippen LogP contribution in [0.15, 0.2) is 73.1 Å². The number of aryl methyl sites for hydroxylation is 1. The molecule has 2 aromatic heterocycles. The number of aromatic amines is 2. The summed E-state index contributed by atoms with van der Waals surface area (Å²) in [6, 6.07) is 19.0. The normalized spacial score (nSPS) is 12.5. The second-order valence-corrected chi connectivity index (χ2v) is 6.42. The van der Waals surface area contributed by atoms with Crippen molar-refractivity contribution in [1.82, 2.24) is 9.97 Å². The van der Waals surface area contributed by atoms with E-state index in [0.717, 1.165) is 16.8 Å². The highest BCUT2D eigenvalue weighted by molar-refractivity contribution is 5.85. The summed E-state index contributed by atoms with van der Waals surface area (Å²) in [5.74, 6) is 2.72. The van der Waals surface area contributed by atoms with Gasteiger partial charge in [0.2, 0.25) is 0 Å². The Hall–Kier alpha value is -3.44. The molecular weight excluding hydrogens is 316 g/mol. The second-order valence-electron chi connectivity index (χ2n) is 6.42. The van der Waals surface area contributed by atoms with Gasteiger partial charge in [0.1, 0.15) is 0 Å². The lowest BCUT2D eigenvalue weighted by atomic mass is 9.84. The molecule has 126 valence electrons. The van der Waals surface area contributed by atoms with Crippen molar-refractivity contribution in [3.05, 3.63) is 101 Å². The third kappa shape index (κ3) is 2.74. The largest absolute Gasteiger partial charge is 0.364 e. The van der Waals surface area contributed by atoms with Crippen molar-refractivity contribution in [2.75, 3.05) is 0 Å². The predicted molar refractivity (Wildman–Crippen MR) is 109 cm³/mol. The van der Waals surface area contributed by atoms with Crippen LogP contribution in [0.25, 0.3) is 17.0 Å². The van der Waals surface area contributed by atoms with Gasteiger partial charge in [0.05, 0.1) is 0 Å². The van der Waals surface area contributed by atoms with Crippen LogP contribution in [0.5, 0.6) is 0 Å². The Labute approximate surface area is 153 Å². The van der Waals surface area contributed by atoms with Gasteiger partial charge in [-0.1, -0.05) is 54.5 Å². The van der Waals surface area contributed by atoms with Gasteiger partial charge < -0.3 is 9.97 Å². The first kappa shape index (κ1) is 16.1. The van der Waals surface area contributed by atoms with Gasteiger partial charge in [0, 0.05) is 34.9 Å². The van der Waals surface area contributed by atoms with Crippen LogP contribution in [0.3, 0.4) is 0 Å². The maximum atomic E-state index is 5.45. The Bertz CT molecular complexity index is 1100. The minimum atomic E-state index is 0.120. The first-order valence-electron chi connectivity index (χ1n) is 8.71. The lowest BCUT2D eigenvalue weighted by Gasteiger charge is -2.18. The molecule has 0 bridgehead atoms. The molecule has 0 aliphatic heterocycles. The van der Waals surface area contributed by atoms with E-state index in [1.54, 1.807) is 6.08 Å². The molecule has 2 aromatic carbocycles. The number of H-pyrrole nitrogens is 2. The maximum Gasteiger partial charge on any atom is 0.0457 e. The fourth-order valence-electron chi connectivity index (χ4n) is 3.65. The lowest BCUT2D eigenvalue weighted by molar-refractivity contribution is 0.987. The van der Waals surface area contributed by atoms with Gasteiger partial charge in [-0.25, -0.2) is 0 Å². The van der Waals surface area contributed by atoms with E-state index in [-0.39, 0.29) is 5.92 Å². The van der Waals surface area contributed by atoms with E-state index in [0.29, 0.717) is 0 Å². The number of hydrogen-bond acceptors (Lipinski definition) is 0. The zero-order chi connectivity index (χ0) is 17.9. The number of hydrogen-bond donors (Lipinski definition) is 2. The first-order chi connectivity index (χ1) is 12.8. The standard InChI is InChI=1S/C24H20N2/c1-3-4-12-19-17(2)25-15-21(19)24(18-10-6-5-7-11-18)22-16-26-23-14-9-8-13-20(22)23/h1,4-16,24-26H,2H3/b12-4-. The van der Waals surface area contributed by atoms with E-state index in [4.69, 9.17) is 6.42 Å². The van der Waals surface area contributed by atoms with Gasteiger partial charge >= 0.3 is 0 Å². The highest BCUT2D eigenvalue weighted by atomic mass is 14.7. The number of allylic oxidation sites excluding steroid dienone is 1. The number of rotatable bonds is 4. The number of aromatic nitrogens is 2. The quantitative estimate of drug-likeness (QED) is 0.453. The van der Waals surface area contributed by atoms with Crippen LogP contribution in [0, 0.1) is 19.3 Å². The van der Waals surface area contributed by atoms with Crippen molar-refractivity contribution >= 4 is 17.0 Å². The summed E-state index contributed by atoms with van der Waals surface area (Å²) in [5, 5.41) is 1.24. The van der Waals surface area contributed by atoms with Gasteiger partial charge in [-0.3, -0.25) is 0 Å². The first-order valence-corrected chi connectivity index (χ1v) is 8.71. The van der Waals surface area contributed by atoms with E-state index in [9.17, 15) is 0 Å². The molecule has 4 aromatic rings. The minimum Gasteiger partial charge on any atom is -0.364 e. The number of benzene rings is 2. The highest BCUT2D eigenvalue weighted by Gasteiger charge is 2.23. The fourth-order valence-corrected chi connectivity index (χ4v) is 3.65. The van der Waals surface area contributed by atoms with Gasteiger partial charge in [0.15, 0.2) is 0 Å². The molecule has 0 aliphatic rings. The van der Waals surface area contributed by atoms with Crippen LogP contribution in [-0.2, 0) is 0 Å². The molecule has 0 fully saturated rings. The Balaban J connectivity index is 1.97. The molecule has 2 N–H and O–H groups in total. The Morgan fingerprint density at radius 1 is 0.923 bits per heavy atom. The van der Waals surface area contributed by atoms with Crippen molar-refractivity contribution in [2.24, 2.45) is 0 Å². The van der Waals surface area contributed by atoms with Crippen molar-refractivity contribution in [1.29, 1.82) is 0 Å². The zero-order valence-corrected chi connectivity index (χ0v) is 14.7. The monoisotopic (exact) mass is 336 g/mol. The summed E-state index contributed by atoms with van der Waals surface area (Å²) < 4.78 is 0. The molecular formula is C24H20N2. The molecule has 4 rings (SSSR count). The molecule has 2 heteroatoms. The average Bonchev–Trinajstić information content (AvgIpc) is 3.26. The summed E-state index contributed by atoms with van der Waals surface area (Å²) in [6.45, 7) is 2.08. The second kappa shape index (κ2) is 6.82. The topological polar surface area (TPSA) is 31.6 Å². The van der Waals surface area contributed by atoms with E-state index in [1.165, 1.54) is 22.1 Å². The SMILES string of the molecule is C#C/C=C\c1c(C(c2ccccc2)c2c[nH]c3ccccc23)c[nH]c1C. The number of nitrogens with one attached hydrogen (secondary N) is 2. The molecule has 0 spiro atoms. The van der Waals surface area contributed by atoms with Gasteiger partial charge in [-0.05, 0) is 47.4 Å². The van der Waals surface area contributed by atoms with Crippen LogP contribution in [0.1, 0.15) is 33.9 Å². The third-order valence-electron chi connectivity index (χ3n) is 4.88. The molecule has 1 unspecified atom stereocenters. The summed E-state index contributed by atoms with van der Waals surface area (Å²) in [4.78, 5) is 6.79. The summed E-state index contributed by atoms with van der Waals surface area (Å²) in [5.41, 5.74) is 7.17. The molecule has 0 saturated heterocycles. The molecule has 0 aliphatic carbocycles.